The van der Waals surface area contributed by atoms with E-state index in [0.29, 0.717) is 18.7 Å². The van der Waals surface area contributed by atoms with Crippen LogP contribution in [0.5, 0.6) is 0 Å². The van der Waals surface area contributed by atoms with Crippen molar-refractivity contribution in [3.05, 3.63) is 46.4 Å². The number of carboxylic acid groups (broad SMARTS) is 1. The maximum atomic E-state index is 12.3. The average molecular weight is 320 g/mol. The summed E-state index contributed by atoms with van der Waals surface area (Å²) in [5.41, 5.74) is 0.550. The number of carbonyl (C=O) groups excluding carboxylic acids is 1. The number of aliphatic carboxylic acids is 1. The molecule has 0 spiro atoms. The Balaban J connectivity index is 1.98. The largest absolute Gasteiger partial charge is 0.481 e. The molecule has 2 N–H and O–H groups in total. The maximum absolute atomic E-state index is 12.3. The monoisotopic (exact) mass is 320 g/mol. The second kappa shape index (κ2) is 7.79. The van der Waals surface area contributed by atoms with Crippen molar-refractivity contribution in [2.24, 2.45) is 5.92 Å². The molecule has 0 radical (unpaired) electrons. The van der Waals surface area contributed by atoms with Crippen LogP contribution in [0.4, 0.5) is 0 Å². The zero-order chi connectivity index (χ0) is 15.9. The standard InChI is InChI=1S/C16H20N2O3S/c1-2-5-12(16(20)21)10-17-15(19)14-7-3-8-18(14)11-13-6-4-9-22-13/h3-4,6-9,12H,2,5,10-11H2,1H3,(H,17,19)(H,20,21). The van der Waals surface area contributed by atoms with Crippen molar-refractivity contribution in [1.82, 2.24) is 9.88 Å². The molecule has 0 aromatic carbocycles. The summed E-state index contributed by atoms with van der Waals surface area (Å²) in [6.45, 7) is 2.74. The fourth-order valence-electron chi connectivity index (χ4n) is 2.30. The van der Waals surface area contributed by atoms with Gasteiger partial charge in [0.1, 0.15) is 5.69 Å². The third kappa shape index (κ3) is 4.21. The van der Waals surface area contributed by atoms with Gasteiger partial charge in [-0.05, 0) is 30.0 Å². The lowest BCUT2D eigenvalue weighted by Crippen LogP contribution is -2.34. The highest BCUT2D eigenvalue weighted by Gasteiger charge is 2.18. The van der Waals surface area contributed by atoms with Crippen LogP contribution in [0.25, 0.3) is 0 Å². The number of hydrogen-bond donors (Lipinski definition) is 2. The van der Waals surface area contributed by atoms with Crippen LogP contribution in [0.15, 0.2) is 35.8 Å². The van der Waals surface area contributed by atoms with Crippen molar-refractivity contribution in [2.45, 2.75) is 26.3 Å². The Morgan fingerprint density at radius 1 is 1.36 bits per heavy atom. The molecule has 22 heavy (non-hydrogen) atoms. The van der Waals surface area contributed by atoms with E-state index in [2.05, 4.69) is 5.32 Å². The molecule has 118 valence electrons. The second-order valence-corrected chi connectivity index (χ2v) is 6.17. The van der Waals surface area contributed by atoms with E-state index in [1.165, 1.54) is 4.88 Å². The molecule has 2 rings (SSSR count). The highest BCUT2D eigenvalue weighted by Crippen LogP contribution is 2.13. The van der Waals surface area contributed by atoms with Crippen LogP contribution in [0.2, 0.25) is 0 Å². The summed E-state index contributed by atoms with van der Waals surface area (Å²) in [7, 11) is 0. The Morgan fingerprint density at radius 2 is 2.18 bits per heavy atom. The molecule has 2 heterocycles. The number of nitrogens with one attached hydrogen (secondary N) is 1. The third-order valence-corrected chi connectivity index (χ3v) is 4.33. The van der Waals surface area contributed by atoms with E-state index in [1.54, 1.807) is 17.4 Å². The molecule has 1 unspecified atom stereocenters. The molecule has 1 amide bonds. The van der Waals surface area contributed by atoms with Gasteiger partial charge < -0.3 is 15.0 Å². The van der Waals surface area contributed by atoms with Crippen molar-refractivity contribution in [1.29, 1.82) is 0 Å². The lowest BCUT2D eigenvalue weighted by Gasteiger charge is -2.13. The molecule has 0 aliphatic rings. The Labute approximate surface area is 133 Å². The molecule has 0 aliphatic carbocycles. The average Bonchev–Trinajstić information content (AvgIpc) is 3.15. The summed E-state index contributed by atoms with van der Waals surface area (Å²) in [5.74, 6) is -1.63. The molecule has 1 atom stereocenters. The molecule has 0 bridgehead atoms. The Bertz CT molecular complexity index is 619. The minimum absolute atomic E-state index is 0.159. The van der Waals surface area contributed by atoms with Gasteiger partial charge in [0.05, 0.1) is 12.5 Å². The SMILES string of the molecule is CCCC(CNC(=O)c1cccn1Cc1cccs1)C(=O)O. The summed E-state index contributed by atoms with van der Waals surface area (Å²) in [6.07, 6.45) is 3.20. The Hall–Kier alpha value is -2.08. The summed E-state index contributed by atoms with van der Waals surface area (Å²) in [5, 5.41) is 13.9. The molecule has 0 saturated heterocycles. The van der Waals surface area contributed by atoms with E-state index in [4.69, 9.17) is 5.11 Å². The van der Waals surface area contributed by atoms with Crippen LogP contribution in [0, 0.1) is 5.92 Å². The van der Waals surface area contributed by atoms with Crippen LogP contribution < -0.4 is 5.32 Å². The molecule has 0 fully saturated rings. The number of carboxylic acids is 1. The molecule has 0 saturated carbocycles. The number of carbonyl (C=O) groups is 2. The van der Waals surface area contributed by atoms with Crippen molar-refractivity contribution in [3.63, 3.8) is 0 Å². The topological polar surface area (TPSA) is 71.3 Å². The van der Waals surface area contributed by atoms with Crippen LogP contribution in [-0.2, 0) is 11.3 Å². The summed E-state index contributed by atoms with van der Waals surface area (Å²) in [6, 6.07) is 7.57. The van der Waals surface area contributed by atoms with Gasteiger partial charge in [0.15, 0.2) is 0 Å². The van der Waals surface area contributed by atoms with E-state index in [1.807, 2.05) is 41.3 Å². The maximum Gasteiger partial charge on any atom is 0.308 e. The normalized spacial score (nSPS) is 12.0. The van der Waals surface area contributed by atoms with Gasteiger partial charge in [-0.1, -0.05) is 19.4 Å². The highest BCUT2D eigenvalue weighted by molar-refractivity contribution is 7.09. The van der Waals surface area contributed by atoms with Crippen LogP contribution in [-0.4, -0.2) is 28.1 Å². The molecule has 6 heteroatoms. The van der Waals surface area contributed by atoms with Crippen LogP contribution in [0.3, 0.4) is 0 Å². The summed E-state index contributed by atoms with van der Waals surface area (Å²) >= 11 is 1.64. The first-order valence-electron chi connectivity index (χ1n) is 7.30. The highest BCUT2D eigenvalue weighted by atomic mass is 32.1. The molecule has 5 nitrogen and oxygen atoms in total. The molecule has 0 aliphatic heterocycles. The van der Waals surface area contributed by atoms with Crippen molar-refractivity contribution in [2.75, 3.05) is 6.54 Å². The van der Waals surface area contributed by atoms with Gasteiger partial charge in [0, 0.05) is 17.6 Å². The van der Waals surface area contributed by atoms with E-state index >= 15 is 0 Å². The fourth-order valence-corrected chi connectivity index (χ4v) is 3.00. The zero-order valence-corrected chi connectivity index (χ0v) is 13.3. The number of thiophene rings is 1. The van der Waals surface area contributed by atoms with Gasteiger partial charge in [-0.25, -0.2) is 0 Å². The van der Waals surface area contributed by atoms with Gasteiger partial charge in [-0.3, -0.25) is 9.59 Å². The number of amides is 1. The van der Waals surface area contributed by atoms with Crippen molar-refractivity contribution >= 4 is 23.2 Å². The molecule has 2 aromatic rings. The predicted octanol–water partition coefficient (Wildman–Crippen LogP) is 2.83. The van der Waals surface area contributed by atoms with Crippen molar-refractivity contribution < 1.29 is 14.7 Å². The molecular formula is C16H20N2O3S. The first-order chi connectivity index (χ1) is 10.6. The van der Waals surface area contributed by atoms with Gasteiger partial charge in [-0.15, -0.1) is 11.3 Å². The number of nitrogens with zero attached hydrogens (tertiary/aromatic N) is 1. The lowest BCUT2D eigenvalue weighted by atomic mass is 10.0. The minimum Gasteiger partial charge on any atom is -0.481 e. The third-order valence-electron chi connectivity index (χ3n) is 3.46. The van der Waals surface area contributed by atoms with Gasteiger partial charge in [0.2, 0.25) is 0 Å². The second-order valence-electron chi connectivity index (χ2n) is 5.13. The van der Waals surface area contributed by atoms with Crippen LogP contribution >= 0.6 is 11.3 Å². The van der Waals surface area contributed by atoms with Gasteiger partial charge in [0.25, 0.3) is 5.91 Å². The first-order valence-corrected chi connectivity index (χ1v) is 8.18. The summed E-state index contributed by atoms with van der Waals surface area (Å²) in [4.78, 5) is 24.5. The van der Waals surface area contributed by atoms with E-state index in [0.717, 1.165) is 6.42 Å². The summed E-state index contributed by atoms with van der Waals surface area (Å²) < 4.78 is 1.87. The predicted molar refractivity (Wildman–Crippen MR) is 86.2 cm³/mol. The first kappa shape index (κ1) is 16.3. The van der Waals surface area contributed by atoms with E-state index < -0.39 is 11.9 Å². The quantitative estimate of drug-likeness (QED) is 0.785. The minimum atomic E-state index is -0.865. The smallest absolute Gasteiger partial charge is 0.308 e. The van der Waals surface area contributed by atoms with E-state index in [9.17, 15) is 9.59 Å². The van der Waals surface area contributed by atoms with E-state index in [-0.39, 0.29) is 12.5 Å². The van der Waals surface area contributed by atoms with Gasteiger partial charge >= 0.3 is 5.97 Å². The number of aromatic nitrogens is 1. The van der Waals surface area contributed by atoms with Gasteiger partial charge in [-0.2, -0.15) is 0 Å². The number of hydrogen-bond acceptors (Lipinski definition) is 3. The zero-order valence-electron chi connectivity index (χ0n) is 12.5. The van der Waals surface area contributed by atoms with Crippen LogP contribution in [0.1, 0.15) is 35.1 Å². The molecular weight excluding hydrogens is 300 g/mol. The molecule has 2 aromatic heterocycles. The lowest BCUT2D eigenvalue weighted by molar-refractivity contribution is -0.141. The number of rotatable bonds is 8. The Morgan fingerprint density at radius 3 is 2.82 bits per heavy atom. The van der Waals surface area contributed by atoms with Crippen molar-refractivity contribution in [3.8, 4) is 0 Å². The fraction of sp³-hybridized carbons (Fsp3) is 0.375. The Kier molecular flexibility index (Phi) is 5.77.